The van der Waals surface area contributed by atoms with E-state index >= 15 is 0 Å². The first-order chi connectivity index (χ1) is 14.9. The lowest BCUT2D eigenvalue weighted by Gasteiger charge is -2.38. The fourth-order valence-electron chi connectivity index (χ4n) is 3.73. The Morgan fingerprint density at radius 2 is 1.71 bits per heavy atom. The molecule has 1 N–H and O–H groups in total. The third-order valence-electron chi connectivity index (χ3n) is 5.78. The summed E-state index contributed by atoms with van der Waals surface area (Å²) < 4.78 is 5.13. The largest absolute Gasteiger partial charge is 0.497 e. The summed E-state index contributed by atoms with van der Waals surface area (Å²) in [6.45, 7) is 8.86. The summed E-state index contributed by atoms with van der Waals surface area (Å²) in [6.07, 6.45) is 3.17. The Morgan fingerprint density at radius 3 is 2.35 bits per heavy atom. The van der Waals surface area contributed by atoms with Crippen molar-refractivity contribution in [2.75, 3.05) is 38.2 Å². The molecule has 1 heterocycles. The number of rotatable bonds is 6. The number of piperazine rings is 1. The number of ether oxygens (including phenoxy) is 1. The number of hydrogen-bond acceptors (Lipinski definition) is 4. The molecule has 164 valence electrons. The van der Waals surface area contributed by atoms with Gasteiger partial charge in [-0.05, 0) is 61.7 Å². The van der Waals surface area contributed by atoms with Crippen LogP contribution in [0.5, 0.6) is 5.75 Å². The van der Waals surface area contributed by atoms with E-state index in [1.165, 1.54) is 22.9 Å². The second-order valence-electron chi connectivity index (χ2n) is 7.87. The van der Waals surface area contributed by atoms with E-state index in [2.05, 4.69) is 42.3 Å². The minimum Gasteiger partial charge on any atom is -0.497 e. The Labute approximate surface area is 184 Å². The summed E-state index contributed by atoms with van der Waals surface area (Å²) in [4.78, 5) is 29.2. The molecule has 0 spiro atoms. The first-order valence-electron chi connectivity index (χ1n) is 10.6. The van der Waals surface area contributed by atoms with Crippen molar-refractivity contribution in [2.24, 2.45) is 0 Å². The fourth-order valence-corrected chi connectivity index (χ4v) is 3.73. The van der Waals surface area contributed by atoms with E-state index in [9.17, 15) is 9.59 Å². The molecule has 1 saturated heterocycles. The molecule has 0 aromatic heterocycles. The van der Waals surface area contributed by atoms with Crippen molar-refractivity contribution < 1.29 is 14.3 Å². The van der Waals surface area contributed by atoms with Crippen molar-refractivity contribution in [3.63, 3.8) is 0 Å². The predicted molar refractivity (Wildman–Crippen MR) is 124 cm³/mol. The molecule has 2 amide bonds. The third-order valence-corrected chi connectivity index (χ3v) is 5.78. The van der Waals surface area contributed by atoms with E-state index in [1.54, 1.807) is 20.1 Å². The molecular weight excluding hydrogens is 390 g/mol. The van der Waals surface area contributed by atoms with Crippen LogP contribution in [0.3, 0.4) is 0 Å². The summed E-state index contributed by atoms with van der Waals surface area (Å²) in [5, 5.41) is 2.77. The van der Waals surface area contributed by atoms with Gasteiger partial charge in [-0.1, -0.05) is 24.3 Å². The summed E-state index contributed by atoms with van der Waals surface area (Å²) in [7, 11) is 1.61. The lowest BCUT2D eigenvalue weighted by molar-refractivity contribution is -0.135. The van der Waals surface area contributed by atoms with Gasteiger partial charge in [0, 0.05) is 37.9 Å². The first-order valence-corrected chi connectivity index (χ1v) is 10.6. The summed E-state index contributed by atoms with van der Waals surface area (Å²) >= 11 is 0. The highest BCUT2D eigenvalue weighted by Gasteiger charge is 2.26. The predicted octanol–water partition coefficient (Wildman–Crippen LogP) is 3.18. The molecule has 2 aromatic rings. The van der Waals surface area contributed by atoms with Crippen molar-refractivity contribution in [3.05, 3.63) is 65.2 Å². The van der Waals surface area contributed by atoms with Gasteiger partial charge in [0.15, 0.2) is 0 Å². The molecule has 0 radical (unpaired) electrons. The second kappa shape index (κ2) is 10.2. The molecule has 2 aromatic carbocycles. The monoisotopic (exact) mass is 421 g/mol. The molecule has 0 saturated carbocycles. The number of benzene rings is 2. The van der Waals surface area contributed by atoms with Crippen molar-refractivity contribution >= 4 is 23.6 Å². The van der Waals surface area contributed by atoms with Gasteiger partial charge >= 0.3 is 0 Å². The van der Waals surface area contributed by atoms with Crippen LogP contribution in [0.1, 0.15) is 23.6 Å². The number of nitrogens with one attached hydrogen (secondary N) is 1. The lowest BCUT2D eigenvalue weighted by atomic mass is 10.1. The Balaban J connectivity index is 1.50. The maximum atomic E-state index is 12.8. The van der Waals surface area contributed by atoms with E-state index in [4.69, 9.17) is 4.74 Å². The van der Waals surface area contributed by atoms with Crippen molar-refractivity contribution in [3.8, 4) is 5.75 Å². The maximum Gasteiger partial charge on any atom is 0.244 e. The number of nitrogens with zero attached hydrogens (tertiary/aromatic N) is 2. The van der Waals surface area contributed by atoms with Gasteiger partial charge in [0.1, 0.15) is 11.8 Å². The first kappa shape index (κ1) is 22.4. The molecule has 1 aliphatic rings. The number of carbonyl (C=O) groups is 2. The number of aryl methyl sites for hydroxylation is 1. The normalized spacial score (nSPS) is 15.1. The zero-order valence-electron chi connectivity index (χ0n) is 18.7. The molecule has 1 atom stereocenters. The van der Waals surface area contributed by atoms with Gasteiger partial charge in [0.2, 0.25) is 11.8 Å². The maximum absolute atomic E-state index is 12.8. The van der Waals surface area contributed by atoms with Crippen LogP contribution in [0.4, 0.5) is 5.69 Å². The molecule has 31 heavy (non-hydrogen) atoms. The van der Waals surface area contributed by atoms with E-state index in [0.717, 1.165) is 24.4 Å². The van der Waals surface area contributed by atoms with Gasteiger partial charge in [-0.15, -0.1) is 0 Å². The smallest absolute Gasteiger partial charge is 0.244 e. The average molecular weight is 422 g/mol. The highest BCUT2D eigenvalue weighted by molar-refractivity contribution is 5.95. The summed E-state index contributed by atoms with van der Waals surface area (Å²) in [5.74, 6) is 0.427. The van der Waals surface area contributed by atoms with Crippen LogP contribution >= 0.6 is 0 Å². The minimum atomic E-state index is -0.569. The summed E-state index contributed by atoms with van der Waals surface area (Å²) in [6, 6.07) is 13.2. The van der Waals surface area contributed by atoms with E-state index in [1.807, 2.05) is 29.2 Å². The zero-order valence-corrected chi connectivity index (χ0v) is 18.7. The van der Waals surface area contributed by atoms with Crippen molar-refractivity contribution in [1.29, 1.82) is 0 Å². The molecule has 0 bridgehead atoms. The Bertz CT molecular complexity index is 945. The third kappa shape index (κ3) is 5.66. The van der Waals surface area contributed by atoms with E-state index in [0.29, 0.717) is 13.1 Å². The lowest BCUT2D eigenvalue weighted by Crippen LogP contribution is -2.54. The molecule has 1 fully saturated rings. The number of methoxy groups -OCH3 is 1. The van der Waals surface area contributed by atoms with Crippen LogP contribution in [-0.4, -0.2) is 56.0 Å². The van der Waals surface area contributed by atoms with Gasteiger partial charge < -0.3 is 19.9 Å². The number of anilines is 1. The quantitative estimate of drug-likeness (QED) is 0.728. The van der Waals surface area contributed by atoms with Gasteiger partial charge in [-0.25, -0.2) is 0 Å². The van der Waals surface area contributed by atoms with Gasteiger partial charge in [0.05, 0.1) is 7.11 Å². The van der Waals surface area contributed by atoms with E-state index < -0.39 is 6.04 Å². The SMILES string of the molecule is COc1ccc(/C=C/C(=O)NC(C)C(=O)N2CCN(c3cccc(C)c3C)CC2)cc1. The Kier molecular flexibility index (Phi) is 7.34. The van der Waals surface area contributed by atoms with Crippen molar-refractivity contribution in [2.45, 2.75) is 26.8 Å². The van der Waals surface area contributed by atoms with Crippen LogP contribution in [0.15, 0.2) is 48.5 Å². The van der Waals surface area contributed by atoms with Crippen LogP contribution < -0.4 is 15.0 Å². The molecule has 0 aliphatic carbocycles. The minimum absolute atomic E-state index is 0.0492. The van der Waals surface area contributed by atoms with Gasteiger partial charge in [0.25, 0.3) is 0 Å². The van der Waals surface area contributed by atoms with Crippen molar-refractivity contribution in [1.82, 2.24) is 10.2 Å². The standard InChI is InChI=1S/C25H31N3O3/c1-18-6-5-7-23(19(18)2)27-14-16-28(17-15-27)25(30)20(3)26-24(29)13-10-21-8-11-22(31-4)12-9-21/h5-13,20H,14-17H2,1-4H3,(H,26,29)/b13-10+. The van der Waals surface area contributed by atoms with Gasteiger partial charge in [-0.3, -0.25) is 9.59 Å². The highest BCUT2D eigenvalue weighted by Crippen LogP contribution is 2.24. The molecule has 6 nitrogen and oxygen atoms in total. The van der Waals surface area contributed by atoms with Crippen LogP contribution in [0, 0.1) is 13.8 Å². The zero-order chi connectivity index (χ0) is 22.4. The number of carbonyl (C=O) groups excluding carboxylic acids is 2. The van der Waals surface area contributed by atoms with Crippen LogP contribution in [0.25, 0.3) is 6.08 Å². The molecule has 1 aliphatic heterocycles. The topological polar surface area (TPSA) is 61.9 Å². The summed E-state index contributed by atoms with van der Waals surface area (Å²) in [5.41, 5.74) is 4.68. The van der Waals surface area contributed by atoms with Crippen LogP contribution in [-0.2, 0) is 9.59 Å². The molecule has 1 unspecified atom stereocenters. The van der Waals surface area contributed by atoms with Crippen LogP contribution in [0.2, 0.25) is 0 Å². The Morgan fingerprint density at radius 1 is 1.03 bits per heavy atom. The number of hydrogen-bond donors (Lipinski definition) is 1. The average Bonchev–Trinajstić information content (AvgIpc) is 2.79. The highest BCUT2D eigenvalue weighted by atomic mass is 16.5. The van der Waals surface area contributed by atoms with Gasteiger partial charge in [-0.2, -0.15) is 0 Å². The molecule has 6 heteroatoms. The molecular formula is C25H31N3O3. The number of amides is 2. The molecule has 3 rings (SSSR count). The Hall–Kier alpha value is -3.28. The second-order valence-corrected chi connectivity index (χ2v) is 7.87. The van der Waals surface area contributed by atoms with E-state index in [-0.39, 0.29) is 11.8 Å². The fraction of sp³-hybridized carbons (Fsp3) is 0.360.